The maximum absolute atomic E-state index is 9.49. The summed E-state index contributed by atoms with van der Waals surface area (Å²) in [5, 5.41) is 9.49. The number of benzene rings is 1. The molecule has 13 heavy (non-hydrogen) atoms. The fourth-order valence-electron chi connectivity index (χ4n) is 1.46. The first kappa shape index (κ1) is 10.2. The molecule has 72 valence electrons. The van der Waals surface area contributed by atoms with Crippen molar-refractivity contribution in [2.24, 2.45) is 5.73 Å². The third-order valence-electron chi connectivity index (χ3n) is 2.36. The monoisotopic (exact) mass is 179 g/mol. The van der Waals surface area contributed by atoms with Crippen molar-refractivity contribution < 1.29 is 5.11 Å². The van der Waals surface area contributed by atoms with E-state index in [9.17, 15) is 5.11 Å². The van der Waals surface area contributed by atoms with Crippen LogP contribution >= 0.6 is 0 Å². The summed E-state index contributed by atoms with van der Waals surface area (Å²) in [7, 11) is 0. The zero-order valence-electron chi connectivity index (χ0n) is 8.25. The minimum absolute atomic E-state index is 0.283. The van der Waals surface area contributed by atoms with E-state index in [1.54, 1.807) is 0 Å². The topological polar surface area (TPSA) is 46.2 Å². The molecule has 0 fully saturated rings. The summed E-state index contributed by atoms with van der Waals surface area (Å²) in [6.45, 7) is 4.47. The molecule has 2 nitrogen and oxygen atoms in total. The van der Waals surface area contributed by atoms with Crippen LogP contribution in [0.5, 0.6) is 0 Å². The Hall–Kier alpha value is -0.860. The van der Waals surface area contributed by atoms with Crippen LogP contribution in [0.2, 0.25) is 0 Å². The highest BCUT2D eigenvalue weighted by Crippen LogP contribution is 2.16. The fourth-order valence-corrected chi connectivity index (χ4v) is 1.46. The average molecular weight is 179 g/mol. The first-order chi connectivity index (χ1) is 6.19. The van der Waals surface area contributed by atoms with E-state index >= 15 is 0 Å². The van der Waals surface area contributed by atoms with Gasteiger partial charge in [0.15, 0.2) is 0 Å². The van der Waals surface area contributed by atoms with Crippen LogP contribution in [-0.4, -0.2) is 11.7 Å². The number of nitrogens with two attached hydrogens (primary N) is 1. The van der Waals surface area contributed by atoms with Crippen molar-refractivity contribution >= 4 is 0 Å². The van der Waals surface area contributed by atoms with Crippen LogP contribution in [0, 0.1) is 6.92 Å². The van der Waals surface area contributed by atoms with Crippen LogP contribution < -0.4 is 5.73 Å². The Kier molecular flexibility index (Phi) is 3.46. The average Bonchev–Trinajstić information content (AvgIpc) is 2.16. The molecule has 0 heterocycles. The van der Waals surface area contributed by atoms with Crippen LogP contribution in [-0.2, 0) is 6.42 Å². The summed E-state index contributed by atoms with van der Waals surface area (Å²) in [4.78, 5) is 0. The normalized spacial score (nSPS) is 12.9. The van der Waals surface area contributed by atoms with Crippen molar-refractivity contribution in [2.75, 3.05) is 6.54 Å². The summed E-state index contributed by atoms with van der Waals surface area (Å²) in [5.41, 5.74) is 8.84. The van der Waals surface area contributed by atoms with Crippen molar-refractivity contribution in [3.05, 3.63) is 34.9 Å². The molecule has 0 aliphatic rings. The van der Waals surface area contributed by atoms with Gasteiger partial charge >= 0.3 is 0 Å². The number of aliphatic hydroxyl groups is 1. The predicted molar refractivity (Wildman–Crippen MR) is 54.6 cm³/mol. The standard InChI is InChI=1S/C11H17NO/c1-3-9-4-5-10(6-8(9)2)11(13)7-12/h4-6,11,13H,3,7,12H2,1-2H3. The molecule has 0 saturated carbocycles. The minimum atomic E-state index is -0.524. The van der Waals surface area contributed by atoms with E-state index in [0.717, 1.165) is 12.0 Å². The van der Waals surface area contributed by atoms with Crippen LogP contribution in [0.15, 0.2) is 18.2 Å². The van der Waals surface area contributed by atoms with E-state index in [-0.39, 0.29) is 6.54 Å². The van der Waals surface area contributed by atoms with Gasteiger partial charge in [-0.15, -0.1) is 0 Å². The molecule has 0 spiro atoms. The lowest BCUT2D eigenvalue weighted by molar-refractivity contribution is 0.186. The van der Waals surface area contributed by atoms with Gasteiger partial charge in [-0.3, -0.25) is 0 Å². The zero-order chi connectivity index (χ0) is 9.84. The van der Waals surface area contributed by atoms with Gasteiger partial charge < -0.3 is 10.8 Å². The Balaban J connectivity index is 2.95. The van der Waals surface area contributed by atoms with Crippen LogP contribution in [0.1, 0.15) is 29.7 Å². The maximum Gasteiger partial charge on any atom is 0.0912 e. The maximum atomic E-state index is 9.49. The lowest BCUT2D eigenvalue weighted by atomic mass is 10.0. The highest BCUT2D eigenvalue weighted by molar-refractivity contribution is 5.32. The Labute approximate surface area is 79.4 Å². The van der Waals surface area contributed by atoms with Gasteiger partial charge in [-0.05, 0) is 30.0 Å². The van der Waals surface area contributed by atoms with Crippen molar-refractivity contribution in [3.63, 3.8) is 0 Å². The van der Waals surface area contributed by atoms with E-state index in [1.807, 2.05) is 12.1 Å². The lowest BCUT2D eigenvalue weighted by Gasteiger charge is -2.10. The molecule has 0 radical (unpaired) electrons. The minimum Gasteiger partial charge on any atom is -0.387 e. The van der Waals surface area contributed by atoms with Gasteiger partial charge in [0.1, 0.15) is 0 Å². The van der Waals surface area contributed by atoms with E-state index < -0.39 is 6.10 Å². The largest absolute Gasteiger partial charge is 0.387 e. The Morgan fingerprint density at radius 2 is 2.15 bits per heavy atom. The van der Waals surface area contributed by atoms with E-state index in [0.29, 0.717) is 0 Å². The van der Waals surface area contributed by atoms with Gasteiger partial charge in [0.2, 0.25) is 0 Å². The van der Waals surface area contributed by atoms with Gasteiger partial charge in [-0.25, -0.2) is 0 Å². The highest BCUT2D eigenvalue weighted by atomic mass is 16.3. The van der Waals surface area contributed by atoms with Gasteiger partial charge in [-0.1, -0.05) is 25.1 Å². The van der Waals surface area contributed by atoms with Gasteiger partial charge in [0.25, 0.3) is 0 Å². The zero-order valence-corrected chi connectivity index (χ0v) is 8.25. The number of aryl methyl sites for hydroxylation is 2. The summed E-state index contributed by atoms with van der Waals surface area (Å²) in [6.07, 6.45) is 0.509. The van der Waals surface area contributed by atoms with Crippen molar-refractivity contribution in [3.8, 4) is 0 Å². The summed E-state index contributed by atoms with van der Waals surface area (Å²) in [6, 6.07) is 6.02. The molecule has 0 bridgehead atoms. The third kappa shape index (κ3) is 2.29. The molecule has 1 atom stereocenters. The van der Waals surface area contributed by atoms with E-state index in [1.165, 1.54) is 11.1 Å². The van der Waals surface area contributed by atoms with Crippen LogP contribution in [0.25, 0.3) is 0 Å². The number of hydrogen-bond donors (Lipinski definition) is 2. The second kappa shape index (κ2) is 4.40. The molecular weight excluding hydrogens is 162 g/mol. The van der Waals surface area contributed by atoms with Gasteiger partial charge in [-0.2, -0.15) is 0 Å². The Morgan fingerprint density at radius 3 is 2.62 bits per heavy atom. The first-order valence-corrected chi connectivity index (χ1v) is 4.66. The summed E-state index contributed by atoms with van der Waals surface area (Å²) < 4.78 is 0. The predicted octanol–water partition coefficient (Wildman–Crippen LogP) is 1.55. The second-order valence-electron chi connectivity index (χ2n) is 3.29. The van der Waals surface area contributed by atoms with Crippen molar-refractivity contribution in [1.29, 1.82) is 0 Å². The fraction of sp³-hybridized carbons (Fsp3) is 0.455. The summed E-state index contributed by atoms with van der Waals surface area (Å²) >= 11 is 0. The second-order valence-corrected chi connectivity index (χ2v) is 3.29. The number of rotatable bonds is 3. The molecule has 2 heteroatoms. The van der Waals surface area contributed by atoms with E-state index in [4.69, 9.17) is 5.73 Å². The summed E-state index contributed by atoms with van der Waals surface area (Å²) in [5.74, 6) is 0. The van der Waals surface area contributed by atoms with E-state index in [2.05, 4.69) is 19.9 Å². The molecule has 1 aromatic rings. The first-order valence-electron chi connectivity index (χ1n) is 4.66. The smallest absolute Gasteiger partial charge is 0.0912 e. The quantitative estimate of drug-likeness (QED) is 0.739. The lowest BCUT2D eigenvalue weighted by Crippen LogP contribution is -2.11. The SMILES string of the molecule is CCc1ccc(C(O)CN)cc1C. The third-order valence-corrected chi connectivity index (χ3v) is 2.36. The van der Waals surface area contributed by atoms with Gasteiger partial charge in [0.05, 0.1) is 6.10 Å². The molecule has 3 N–H and O–H groups in total. The molecule has 0 amide bonds. The van der Waals surface area contributed by atoms with Crippen molar-refractivity contribution in [2.45, 2.75) is 26.4 Å². The molecule has 1 rings (SSSR count). The molecule has 0 saturated heterocycles. The molecule has 0 aliphatic heterocycles. The Bertz CT molecular complexity index is 283. The highest BCUT2D eigenvalue weighted by Gasteiger charge is 2.05. The van der Waals surface area contributed by atoms with Gasteiger partial charge in [0, 0.05) is 6.54 Å². The Morgan fingerprint density at radius 1 is 1.46 bits per heavy atom. The molecule has 1 unspecified atom stereocenters. The van der Waals surface area contributed by atoms with Crippen LogP contribution in [0.4, 0.5) is 0 Å². The number of aliphatic hydroxyl groups excluding tert-OH is 1. The molecule has 0 aromatic heterocycles. The van der Waals surface area contributed by atoms with Crippen LogP contribution in [0.3, 0.4) is 0 Å². The number of hydrogen-bond acceptors (Lipinski definition) is 2. The molecular formula is C11H17NO. The van der Waals surface area contributed by atoms with Crippen molar-refractivity contribution in [1.82, 2.24) is 0 Å². The molecule has 1 aromatic carbocycles. The molecule has 0 aliphatic carbocycles.